The molecule has 0 rings (SSSR count). The van der Waals surface area contributed by atoms with E-state index in [0.29, 0.717) is 31.6 Å². The molecule has 0 fully saturated rings. The number of unbranched alkanes of at least 4 members (excludes halogenated alkanes) is 36. The fourth-order valence-electron chi connectivity index (χ4n) is 11.0. The summed E-state index contributed by atoms with van der Waals surface area (Å²) in [5.41, 5.74) is 0. The van der Waals surface area contributed by atoms with Crippen LogP contribution in [-0.4, -0.2) is 96.7 Å². The number of rotatable bonds is 70. The Morgan fingerprint density at radius 2 is 0.457 bits per heavy atom. The van der Waals surface area contributed by atoms with Gasteiger partial charge < -0.3 is 33.8 Å². The summed E-state index contributed by atoms with van der Waals surface area (Å²) in [6.45, 7) is 14.1. The first-order chi connectivity index (χ1) is 44.1. The molecule has 0 aromatic carbocycles. The molecular formula is C73H142O17P2. The Morgan fingerprint density at radius 3 is 0.674 bits per heavy atom. The number of aliphatic hydroxyl groups excluding tert-OH is 1. The van der Waals surface area contributed by atoms with Crippen LogP contribution in [0.4, 0.5) is 0 Å². The Morgan fingerprint density at radius 1 is 0.272 bits per heavy atom. The van der Waals surface area contributed by atoms with E-state index in [0.717, 1.165) is 108 Å². The van der Waals surface area contributed by atoms with Crippen molar-refractivity contribution in [3.63, 3.8) is 0 Å². The molecule has 0 radical (unpaired) electrons. The van der Waals surface area contributed by atoms with Gasteiger partial charge in [-0.25, -0.2) is 9.13 Å². The van der Waals surface area contributed by atoms with Gasteiger partial charge in [0.05, 0.1) is 26.4 Å². The van der Waals surface area contributed by atoms with E-state index in [1.807, 2.05) is 0 Å². The quantitative estimate of drug-likeness (QED) is 0.0222. The normalized spacial score (nSPS) is 14.2. The fraction of sp³-hybridized carbons (Fsp3) is 0.945. The van der Waals surface area contributed by atoms with Crippen LogP contribution in [0.2, 0.25) is 0 Å². The molecule has 92 heavy (non-hydrogen) atoms. The lowest BCUT2D eigenvalue weighted by Crippen LogP contribution is -2.30. The average molecular weight is 1350 g/mol. The molecule has 0 spiro atoms. The second kappa shape index (κ2) is 62.6. The van der Waals surface area contributed by atoms with Crippen molar-refractivity contribution in [1.29, 1.82) is 0 Å². The predicted octanol–water partition coefficient (Wildman–Crippen LogP) is 20.9. The van der Waals surface area contributed by atoms with Crippen LogP contribution >= 0.6 is 15.6 Å². The van der Waals surface area contributed by atoms with Crippen molar-refractivity contribution in [2.75, 3.05) is 39.6 Å². The van der Waals surface area contributed by atoms with E-state index in [4.69, 9.17) is 37.0 Å². The number of phosphoric ester groups is 2. The molecule has 0 aliphatic carbocycles. The highest BCUT2D eigenvalue weighted by Crippen LogP contribution is 2.45. The van der Waals surface area contributed by atoms with Gasteiger partial charge in [-0.2, -0.15) is 0 Å². The van der Waals surface area contributed by atoms with Gasteiger partial charge in [-0.3, -0.25) is 37.3 Å². The highest BCUT2D eigenvalue weighted by atomic mass is 31.2. The van der Waals surface area contributed by atoms with Crippen molar-refractivity contribution < 1.29 is 80.2 Å². The monoisotopic (exact) mass is 1350 g/mol. The van der Waals surface area contributed by atoms with Gasteiger partial charge in [0.1, 0.15) is 19.3 Å². The number of carbonyl (C=O) groups is 4. The molecule has 5 atom stereocenters. The molecule has 0 saturated heterocycles. The van der Waals surface area contributed by atoms with Gasteiger partial charge >= 0.3 is 39.5 Å². The second-order valence-electron chi connectivity index (χ2n) is 28.2. The third kappa shape index (κ3) is 66.7. The number of hydrogen-bond acceptors (Lipinski definition) is 15. The molecule has 0 bridgehead atoms. The zero-order valence-corrected chi connectivity index (χ0v) is 62.0. The van der Waals surface area contributed by atoms with Crippen LogP contribution in [0.5, 0.6) is 0 Å². The molecule has 17 nitrogen and oxygen atoms in total. The molecule has 0 aliphatic rings. The van der Waals surface area contributed by atoms with Gasteiger partial charge in [-0.15, -0.1) is 0 Å². The highest BCUT2D eigenvalue weighted by Gasteiger charge is 2.30. The first-order valence-corrected chi connectivity index (χ1v) is 40.7. The summed E-state index contributed by atoms with van der Waals surface area (Å²) in [6.07, 6.45) is 46.1. The van der Waals surface area contributed by atoms with E-state index in [2.05, 4.69) is 55.4 Å². The van der Waals surface area contributed by atoms with Crippen molar-refractivity contribution in [3.05, 3.63) is 0 Å². The average Bonchev–Trinajstić information content (AvgIpc) is 1.59. The zero-order chi connectivity index (χ0) is 68.2. The smallest absolute Gasteiger partial charge is 0.462 e. The van der Waals surface area contributed by atoms with Crippen LogP contribution in [0, 0.1) is 23.7 Å². The van der Waals surface area contributed by atoms with E-state index < -0.39 is 97.5 Å². The number of ether oxygens (including phenoxy) is 4. The summed E-state index contributed by atoms with van der Waals surface area (Å²) in [7, 11) is -9.91. The van der Waals surface area contributed by atoms with Gasteiger partial charge in [0.15, 0.2) is 12.2 Å². The largest absolute Gasteiger partial charge is 0.472 e. The predicted molar refractivity (Wildman–Crippen MR) is 372 cm³/mol. The zero-order valence-electron chi connectivity index (χ0n) is 60.2. The molecule has 0 saturated carbocycles. The number of phosphoric acid groups is 2. The molecule has 0 amide bonds. The van der Waals surface area contributed by atoms with E-state index in [-0.39, 0.29) is 25.7 Å². The van der Waals surface area contributed by atoms with Gasteiger partial charge in [0.25, 0.3) is 0 Å². The lowest BCUT2D eigenvalue weighted by Gasteiger charge is -2.21. The van der Waals surface area contributed by atoms with Crippen molar-refractivity contribution in [2.45, 2.75) is 382 Å². The van der Waals surface area contributed by atoms with Crippen LogP contribution in [-0.2, 0) is 65.4 Å². The number of aliphatic hydroxyl groups is 1. The lowest BCUT2D eigenvalue weighted by molar-refractivity contribution is -0.161. The Labute approximate surface area is 562 Å². The number of carbonyl (C=O) groups excluding carboxylic acids is 4. The minimum atomic E-state index is -4.96. The van der Waals surface area contributed by atoms with Crippen molar-refractivity contribution in [3.8, 4) is 0 Å². The summed E-state index contributed by atoms with van der Waals surface area (Å²) in [5, 5.41) is 10.6. The minimum absolute atomic E-state index is 0.101. The third-order valence-electron chi connectivity index (χ3n) is 16.8. The van der Waals surface area contributed by atoms with Gasteiger partial charge in [-0.1, -0.05) is 312 Å². The van der Waals surface area contributed by atoms with Crippen molar-refractivity contribution in [1.82, 2.24) is 0 Å². The van der Waals surface area contributed by atoms with Crippen LogP contribution in [0.1, 0.15) is 364 Å². The van der Waals surface area contributed by atoms with E-state index in [9.17, 15) is 43.2 Å². The Balaban J connectivity index is 5.21. The van der Waals surface area contributed by atoms with Crippen LogP contribution in [0.15, 0.2) is 0 Å². The lowest BCUT2D eigenvalue weighted by atomic mass is 10.0. The second-order valence-corrected chi connectivity index (χ2v) is 31.1. The van der Waals surface area contributed by atoms with E-state index in [1.165, 1.54) is 167 Å². The summed E-state index contributed by atoms with van der Waals surface area (Å²) < 4.78 is 68.3. The molecule has 0 aliphatic heterocycles. The maximum atomic E-state index is 13.1. The molecule has 19 heteroatoms. The molecular weight excluding hydrogens is 1210 g/mol. The summed E-state index contributed by atoms with van der Waals surface area (Å²) in [5.74, 6) is 0.834. The SMILES string of the molecule is CC(C)CCCCCCCCCCCCCCCCCCC(=O)O[C@H](COC(=O)CCCCCCCCCCCCC(C)C)COP(=O)(O)OCC(O)COP(=O)(O)OC[C@@H](COC(=O)CCCCCCCCCCC(C)C)OC(=O)CCCCCCCCC(C)C. The Kier molecular flexibility index (Phi) is 61.3. The standard InChI is InChI=1S/C73H142O17P2/c1-63(2)49-41-33-25-19-15-13-11-9-10-12-14-16-22-30-39-47-55-72(77)89-68(59-83-70(75)53-45-37-28-21-18-17-20-26-34-42-50-64(3)4)61-87-91(79,80)85-57-67(74)58-86-92(81,82)88-62-69(90-73(78)56-48-40-32-31-36-44-52-66(7)8)60-84-71(76)54-46-38-29-24-23-27-35-43-51-65(5)6/h63-69,74H,9-62H2,1-8H3,(H,79,80)(H,81,82)/t67?,68-,69-/m1/s1. The summed E-state index contributed by atoms with van der Waals surface area (Å²) in [4.78, 5) is 72.6. The first-order valence-electron chi connectivity index (χ1n) is 37.7. The highest BCUT2D eigenvalue weighted by molar-refractivity contribution is 7.47. The van der Waals surface area contributed by atoms with E-state index >= 15 is 0 Å². The fourth-order valence-corrected chi connectivity index (χ4v) is 12.6. The van der Waals surface area contributed by atoms with E-state index in [1.54, 1.807) is 0 Å². The minimum Gasteiger partial charge on any atom is -0.462 e. The van der Waals surface area contributed by atoms with Crippen molar-refractivity contribution >= 4 is 39.5 Å². The van der Waals surface area contributed by atoms with Gasteiger partial charge in [0.2, 0.25) is 0 Å². The maximum Gasteiger partial charge on any atom is 0.472 e. The molecule has 0 heterocycles. The topological polar surface area (TPSA) is 237 Å². The third-order valence-corrected chi connectivity index (χ3v) is 18.7. The first kappa shape index (κ1) is 90.1. The maximum absolute atomic E-state index is 13.1. The number of hydrogen-bond donors (Lipinski definition) is 3. The summed E-state index contributed by atoms with van der Waals surface area (Å²) in [6, 6.07) is 0. The Hall–Kier alpha value is -1.94. The molecule has 546 valence electrons. The van der Waals surface area contributed by atoms with Crippen LogP contribution in [0.25, 0.3) is 0 Å². The van der Waals surface area contributed by atoms with Gasteiger partial charge in [-0.05, 0) is 49.4 Å². The number of esters is 4. The summed E-state index contributed by atoms with van der Waals surface area (Å²) >= 11 is 0. The van der Waals surface area contributed by atoms with Gasteiger partial charge in [0, 0.05) is 25.7 Å². The van der Waals surface area contributed by atoms with Crippen molar-refractivity contribution in [2.24, 2.45) is 23.7 Å². The van der Waals surface area contributed by atoms with Crippen LogP contribution < -0.4 is 0 Å². The molecule has 0 aromatic rings. The van der Waals surface area contributed by atoms with Crippen LogP contribution in [0.3, 0.4) is 0 Å². The molecule has 3 N–H and O–H groups in total. The Bertz CT molecular complexity index is 1820. The molecule has 3 unspecified atom stereocenters. The molecule has 0 aromatic heterocycles.